The van der Waals surface area contributed by atoms with Crippen LogP contribution in [0.1, 0.15) is 44.8 Å². The van der Waals surface area contributed by atoms with Gasteiger partial charge in [-0.05, 0) is 32.4 Å². The molecule has 1 atom stereocenters. The fourth-order valence-corrected chi connectivity index (χ4v) is 2.77. The zero-order valence-corrected chi connectivity index (χ0v) is 11.9. The molecule has 0 bridgehead atoms. The molecule has 0 aliphatic carbocycles. The maximum absolute atomic E-state index is 4.72. The minimum absolute atomic E-state index is 0.558. The van der Waals surface area contributed by atoms with Crippen molar-refractivity contribution in [2.45, 2.75) is 51.7 Å². The van der Waals surface area contributed by atoms with Crippen LogP contribution in [0.2, 0.25) is 0 Å². The van der Waals surface area contributed by atoms with Crippen LogP contribution < -0.4 is 5.32 Å². The van der Waals surface area contributed by atoms with Crippen LogP contribution in [0.25, 0.3) is 0 Å². The van der Waals surface area contributed by atoms with E-state index in [0.717, 1.165) is 25.9 Å². The first-order valence-electron chi connectivity index (χ1n) is 7.20. The Morgan fingerprint density at radius 2 is 2.22 bits per heavy atom. The van der Waals surface area contributed by atoms with E-state index < -0.39 is 0 Å². The van der Waals surface area contributed by atoms with Gasteiger partial charge in [-0.1, -0.05) is 13.8 Å². The Morgan fingerprint density at radius 1 is 1.44 bits per heavy atom. The van der Waals surface area contributed by atoms with Gasteiger partial charge in [0.25, 0.3) is 0 Å². The molecule has 0 radical (unpaired) electrons. The standard InChI is InChI=1S/C14H26N4/c1-4-14(5-2)18-9-7-13(16-18)11-17-8-6-12(10-17)15-3/h7,9,12,14-15H,4-6,8,10-11H2,1-3H3. The van der Waals surface area contributed by atoms with Gasteiger partial charge in [-0.15, -0.1) is 0 Å². The Morgan fingerprint density at radius 3 is 2.83 bits per heavy atom. The molecule has 102 valence electrons. The SMILES string of the molecule is CCC(CC)n1ccc(CN2CCC(NC)C2)n1. The second-order valence-corrected chi connectivity index (χ2v) is 5.27. The molecule has 4 heteroatoms. The first kappa shape index (κ1) is 13.6. The van der Waals surface area contributed by atoms with Crippen molar-refractivity contribution < 1.29 is 0 Å². The van der Waals surface area contributed by atoms with Gasteiger partial charge >= 0.3 is 0 Å². The van der Waals surface area contributed by atoms with Gasteiger partial charge in [0.2, 0.25) is 0 Å². The summed E-state index contributed by atoms with van der Waals surface area (Å²) in [5.74, 6) is 0. The summed E-state index contributed by atoms with van der Waals surface area (Å²) in [5.41, 5.74) is 1.21. The highest BCUT2D eigenvalue weighted by atomic mass is 15.3. The summed E-state index contributed by atoms with van der Waals surface area (Å²) in [6.45, 7) is 7.78. The zero-order chi connectivity index (χ0) is 13.0. The third kappa shape index (κ3) is 3.12. The van der Waals surface area contributed by atoms with Crippen LogP contribution in [-0.2, 0) is 6.54 Å². The van der Waals surface area contributed by atoms with Crippen molar-refractivity contribution in [1.29, 1.82) is 0 Å². The average Bonchev–Trinajstić information content (AvgIpc) is 3.01. The number of aromatic nitrogens is 2. The van der Waals surface area contributed by atoms with Crippen LogP contribution in [0.3, 0.4) is 0 Å². The molecule has 0 saturated carbocycles. The van der Waals surface area contributed by atoms with E-state index in [1.807, 2.05) is 0 Å². The highest BCUT2D eigenvalue weighted by Crippen LogP contribution is 2.16. The van der Waals surface area contributed by atoms with Crippen molar-refractivity contribution in [1.82, 2.24) is 20.0 Å². The van der Waals surface area contributed by atoms with Crippen LogP contribution >= 0.6 is 0 Å². The smallest absolute Gasteiger partial charge is 0.0764 e. The van der Waals surface area contributed by atoms with Gasteiger partial charge in [0, 0.05) is 31.9 Å². The summed E-state index contributed by atoms with van der Waals surface area (Å²) in [5, 5.41) is 8.08. The van der Waals surface area contributed by atoms with Gasteiger partial charge in [0.05, 0.1) is 11.7 Å². The maximum Gasteiger partial charge on any atom is 0.0764 e. The number of nitrogens with one attached hydrogen (secondary N) is 1. The summed E-state index contributed by atoms with van der Waals surface area (Å²) < 4.78 is 2.14. The topological polar surface area (TPSA) is 33.1 Å². The minimum atomic E-state index is 0.558. The summed E-state index contributed by atoms with van der Waals surface area (Å²) >= 11 is 0. The lowest BCUT2D eigenvalue weighted by molar-refractivity contribution is 0.314. The third-order valence-corrected chi connectivity index (χ3v) is 4.05. The second kappa shape index (κ2) is 6.34. The molecule has 1 aliphatic rings. The van der Waals surface area contributed by atoms with Crippen molar-refractivity contribution in [2.24, 2.45) is 0 Å². The molecule has 18 heavy (non-hydrogen) atoms. The monoisotopic (exact) mass is 250 g/mol. The molecule has 4 nitrogen and oxygen atoms in total. The highest BCUT2D eigenvalue weighted by Gasteiger charge is 2.21. The van der Waals surface area contributed by atoms with E-state index in [1.165, 1.54) is 18.7 Å². The molecule has 1 aromatic heterocycles. The molecule has 1 fully saturated rings. The summed E-state index contributed by atoms with van der Waals surface area (Å²) in [7, 11) is 2.05. The van der Waals surface area contributed by atoms with E-state index in [-0.39, 0.29) is 0 Å². The Labute approximate surface area is 110 Å². The van der Waals surface area contributed by atoms with Crippen LogP contribution in [0, 0.1) is 0 Å². The van der Waals surface area contributed by atoms with Crippen molar-refractivity contribution in [3.05, 3.63) is 18.0 Å². The van der Waals surface area contributed by atoms with Gasteiger partial charge in [0.15, 0.2) is 0 Å². The van der Waals surface area contributed by atoms with Gasteiger partial charge in [0.1, 0.15) is 0 Å². The fraction of sp³-hybridized carbons (Fsp3) is 0.786. The Balaban J connectivity index is 1.91. The number of hydrogen-bond donors (Lipinski definition) is 1. The van der Waals surface area contributed by atoms with E-state index in [2.05, 4.69) is 48.1 Å². The van der Waals surface area contributed by atoms with Gasteiger partial charge in [-0.25, -0.2) is 0 Å². The zero-order valence-electron chi connectivity index (χ0n) is 11.9. The van der Waals surface area contributed by atoms with E-state index in [4.69, 9.17) is 5.10 Å². The van der Waals surface area contributed by atoms with E-state index in [9.17, 15) is 0 Å². The van der Waals surface area contributed by atoms with Crippen LogP contribution in [0.15, 0.2) is 12.3 Å². The van der Waals surface area contributed by atoms with Crippen molar-refractivity contribution in [2.75, 3.05) is 20.1 Å². The van der Waals surface area contributed by atoms with Crippen LogP contribution in [0.5, 0.6) is 0 Å². The van der Waals surface area contributed by atoms with Crippen molar-refractivity contribution >= 4 is 0 Å². The number of nitrogens with zero attached hydrogens (tertiary/aromatic N) is 3. The quantitative estimate of drug-likeness (QED) is 0.838. The Bertz CT molecular complexity index is 356. The van der Waals surface area contributed by atoms with Crippen molar-refractivity contribution in [3.63, 3.8) is 0 Å². The summed E-state index contributed by atoms with van der Waals surface area (Å²) in [6.07, 6.45) is 5.70. The van der Waals surface area contributed by atoms with E-state index in [0.29, 0.717) is 12.1 Å². The summed E-state index contributed by atoms with van der Waals surface area (Å²) in [6, 6.07) is 3.39. The van der Waals surface area contributed by atoms with Gasteiger partial charge in [-0.2, -0.15) is 5.10 Å². The van der Waals surface area contributed by atoms with Crippen LogP contribution in [-0.4, -0.2) is 40.9 Å². The van der Waals surface area contributed by atoms with E-state index in [1.54, 1.807) is 0 Å². The summed E-state index contributed by atoms with van der Waals surface area (Å²) in [4.78, 5) is 2.49. The fourth-order valence-electron chi connectivity index (χ4n) is 2.77. The number of likely N-dealkylation sites (tertiary alicyclic amines) is 1. The Kier molecular flexibility index (Phi) is 4.78. The molecule has 2 rings (SSSR count). The van der Waals surface area contributed by atoms with E-state index >= 15 is 0 Å². The molecular weight excluding hydrogens is 224 g/mol. The molecule has 1 N–H and O–H groups in total. The van der Waals surface area contributed by atoms with Gasteiger partial charge < -0.3 is 5.32 Å². The number of likely N-dealkylation sites (N-methyl/N-ethyl adjacent to an activating group) is 1. The third-order valence-electron chi connectivity index (χ3n) is 4.05. The maximum atomic E-state index is 4.72. The molecule has 0 spiro atoms. The highest BCUT2D eigenvalue weighted by molar-refractivity contribution is 5.00. The average molecular weight is 250 g/mol. The Hall–Kier alpha value is -0.870. The molecule has 1 aliphatic heterocycles. The second-order valence-electron chi connectivity index (χ2n) is 5.27. The number of rotatable bonds is 6. The largest absolute Gasteiger partial charge is 0.316 e. The molecule has 0 aromatic carbocycles. The lowest BCUT2D eigenvalue weighted by Crippen LogP contribution is -2.29. The molecular formula is C14H26N4. The van der Waals surface area contributed by atoms with Crippen LogP contribution in [0.4, 0.5) is 0 Å². The first-order valence-corrected chi connectivity index (χ1v) is 7.20. The molecule has 1 unspecified atom stereocenters. The van der Waals surface area contributed by atoms with Gasteiger partial charge in [-0.3, -0.25) is 9.58 Å². The molecule has 2 heterocycles. The lowest BCUT2D eigenvalue weighted by Gasteiger charge is -2.15. The number of hydrogen-bond acceptors (Lipinski definition) is 3. The molecule has 1 saturated heterocycles. The lowest BCUT2D eigenvalue weighted by atomic mass is 10.2. The molecule has 1 aromatic rings. The van der Waals surface area contributed by atoms with Crippen molar-refractivity contribution in [3.8, 4) is 0 Å². The predicted molar refractivity (Wildman–Crippen MR) is 74.6 cm³/mol. The predicted octanol–water partition coefficient (Wildman–Crippen LogP) is 2.04. The molecule has 0 amide bonds. The normalized spacial score (nSPS) is 21.0. The minimum Gasteiger partial charge on any atom is -0.316 e. The first-order chi connectivity index (χ1) is 8.76.